The molecule has 112 valence electrons. The molecule has 0 fully saturated rings. The third-order valence-corrected chi connectivity index (χ3v) is 3.79. The van der Waals surface area contributed by atoms with Gasteiger partial charge in [0.25, 0.3) is 0 Å². The van der Waals surface area contributed by atoms with Gasteiger partial charge in [0.05, 0.1) is 0 Å². The van der Waals surface area contributed by atoms with E-state index in [-0.39, 0.29) is 0 Å². The highest BCUT2D eigenvalue weighted by molar-refractivity contribution is 9.10. The Kier molecular flexibility index (Phi) is 5.43. The van der Waals surface area contributed by atoms with Crippen LogP contribution < -0.4 is 10.1 Å². The molecule has 0 heterocycles. The van der Waals surface area contributed by atoms with Crippen LogP contribution in [-0.2, 0) is 6.54 Å². The highest BCUT2D eigenvalue weighted by Gasteiger charge is 2.08. The first kappa shape index (κ1) is 16.1. The van der Waals surface area contributed by atoms with E-state index >= 15 is 0 Å². The molecule has 0 spiro atoms. The van der Waals surface area contributed by atoms with Crippen molar-refractivity contribution in [1.29, 1.82) is 0 Å². The van der Waals surface area contributed by atoms with E-state index < -0.39 is 0 Å². The molecule has 0 aliphatic heterocycles. The average molecular weight is 348 g/mol. The minimum Gasteiger partial charge on any atom is -0.457 e. The summed E-state index contributed by atoms with van der Waals surface area (Å²) in [7, 11) is 0. The number of ether oxygens (including phenoxy) is 1. The van der Waals surface area contributed by atoms with Crippen molar-refractivity contribution in [2.75, 3.05) is 0 Å². The van der Waals surface area contributed by atoms with Crippen LogP contribution in [0.25, 0.3) is 0 Å². The van der Waals surface area contributed by atoms with Crippen LogP contribution in [0.4, 0.5) is 0 Å². The minimum absolute atomic E-state index is 0.446. The lowest BCUT2D eigenvalue weighted by molar-refractivity contribution is 0.465. The van der Waals surface area contributed by atoms with Crippen LogP contribution >= 0.6 is 15.9 Å². The minimum atomic E-state index is 0.446. The van der Waals surface area contributed by atoms with Crippen molar-refractivity contribution in [3.8, 4) is 11.5 Å². The molecule has 0 aliphatic carbocycles. The summed E-state index contributed by atoms with van der Waals surface area (Å²) in [6.07, 6.45) is 0. The van der Waals surface area contributed by atoms with Crippen LogP contribution in [0, 0.1) is 13.8 Å². The molecule has 0 bridgehead atoms. The SMILES string of the molecule is Cc1ccc(C)c(Oc2cc(Br)ccc2CNC(C)C)c1. The number of benzene rings is 2. The summed E-state index contributed by atoms with van der Waals surface area (Å²) in [6.45, 7) is 9.23. The molecule has 0 aliphatic rings. The maximum absolute atomic E-state index is 6.16. The quantitative estimate of drug-likeness (QED) is 0.786. The zero-order valence-electron chi connectivity index (χ0n) is 13.0. The monoisotopic (exact) mass is 347 g/mol. The Bertz CT molecular complexity index is 623. The molecule has 0 unspecified atom stereocenters. The van der Waals surface area contributed by atoms with E-state index in [4.69, 9.17) is 4.74 Å². The number of hydrogen-bond acceptors (Lipinski definition) is 2. The van der Waals surface area contributed by atoms with Crippen molar-refractivity contribution in [3.05, 3.63) is 57.6 Å². The fourth-order valence-electron chi connectivity index (χ4n) is 2.02. The number of nitrogens with one attached hydrogen (secondary N) is 1. The Morgan fingerprint density at radius 1 is 1.05 bits per heavy atom. The second-order valence-electron chi connectivity index (χ2n) is 5.66. The molecule has 0 saturated heterocycles. The van der Waals surface area contributed by atoms with Crippen LogP contribution in [0.2, 0.25) is 0 Å². The van der Waals surface area contributed by atoms with Gasteiger partial charge in [0.1, 0.15) is 11.5 Å². The molecule has 2 aromatic carbocycles. The maximum atomic E-state index is 6.16. The van der Waals surface area contributed by atoms with Gasteiger partial charge >= 0.3 is 0 Å². The number of rotatable bonds is 5. The number of halogens is 1. The Morgan fingerprint density at radius 2 is 1.81 bits per heavy atom. The smallest absolute Gasteiger partial charge is 0.133 e. The van der Waals surface area contributed by atoms with Gasteiger partial charge in [0.15, 0.2) is 0 Å². The molecule has 0 saturated carbocycles. The highest BCUT2D eigenvalue weighted by Crippen LogP contribution is 2.31. The van der Waals surface area contributed by atoms with Crippen LogP contribution in [0.3, 0.4) is 0 Å². The van der Waals surface area contributed by atoms with Crippen molar-refractivity contribution < 1.29 is 4.74 Å². The fourth-order valence-corrected chi connectivity index (χ4v) is 2.36. The molecular weight excluding hydrogens is 326 g/mol. The van der Waals surface area contributed by atoms with E-state index in [0.717, 1.165) is 33.6 Å². The summed E-state index contributed by atoms with van der Waals surface area (Å²) in [4.78, 5) is 0. The molecular formula is C18H22BrNO. The van der Waals surface area contributed by atoms with E-state index in [0.29, 0.717) is 6.04 Å². The van der Waals surface area contributed by atoms with Gasteiger partial charge in [-0.25, -0.2) is 0 Å². The van der Waals surface area contributed by atoms with Crippen LogP contribution in [0.5, 0.6) is 11.5 Å². The molecule has 21 heavy (non-hydrogen) atoms. The van der Waals surface area contributed by atoms with Gasteiger partial charge in [-0.2, -0.15) is 0 Å². The molecule has 0 atom stereocenters. The molecule has 0 aromatic heterocycles. The zero-order chi connectivity index (χ0) is 15.4. The summed E-state index contributed by atoms with van der Waals surface area (Å²) in [6, 6.07) is 12.9. The molecule has 3 heteroatoms. The largest absolute Gasteiger partial charge is 0.457 e. The summed E-state index contributed by atoms with van der Waals surface area (Å²) >= 11 is 3.52. The Labute approximate surface area is 135 Å². The summed E-state index contributed by atoms with van der Waals surface area (Å²) in [5, 5.41) is 3.44. The van der Waals surface area contributed by atoms with Gasteiger partial charge in [-0.15, -0.1) is 0 Å². The van der Waals surface area contributed by atoms with Gasteiger partial charge < -0.3 is 10.1 Å². The zero-order valence-corrected chi connectivity index (χ0v) is 14.6. The standard InChI is InChI=1S/C18H22BrNO/c1-12(2)20-11-15-7-8-16(19)10-18(15)21-17-9-13(3)5-6-14(17)4/h5-10,12,20H,11H2,1-4H3. The van der Waals surface area contributed by atoms with E-state index in [2.05, 4.69) is 73.2 Å². The summed E-state index contributed by atoms with van der Waals surface area (Å²) < 4.78 is 7.19. The number of aryl methyl sites for hydroxylation is 2. The Balaban J connectivity index is 2.29. The van der Waals surface area contributed by atoms with Gasteiger partial charge in [0, 0.05) is 22.6 Å². The first-order chi connectivity index (χ1) is 9.95. The second kappa shape index (κ2) is 7.10. The van der Waals surface area contributed by atoms with Gasteiger partial charge in [-0.05, 0) is 43.2 Å². The Hall–Kier alpha value is -1.32. The van der Waals surface area contributed by atoms with Crippen LogP contribution in [0.1, 0.15) is 30.5 Å². The Morgan fingerprint density at radius 3 is 2.52 bits per heavy atom. The lowest BCUT2D eigenvalue weighted by Crippen LogP contribution is -2.22. The van der Waals surface area contributed by atoms with Crippen molar-refractivity contribution in [1.82, 2.24) is 5.32 Å². The van der Waals surface area contributed by atoms with E-state index in [1.54, 1.807) is 0 Å². The predicted molar refractivity (Wildman–Crippen MR) is 92.1 cm³/mol. The third-order valence-electron chi connectivity index (χ3n) is 3.29. The molecule has 2 nitrogen and oxygen atoms in total. The topological polar surface area (TPSA) is 21.3 Å². The average Bonchev–Trinajstić information content (AvgIpc) is 2.42. The lowest BCUT2D eigenvalue weighted by Gasteiger charge is -2.15. The number of hydrogen-bond donors (Lipinski definition) is 1. The van der Waals surface area contributed by atoms with Crippen molar-refractivity contribution >= 4 is 15.9 Å². The summed E-state index contributed by atoms with van der Waals surface area (Å²) in [5.41, 5.74) is 3.50. The maximum Gasteiger partial charge on any atom is 0.133 e. The third kappa shape index (κ3) is 4.58. The fraction of sp³-hybridized carbons (Fsp3) is 0.333. The van der Waals surface area contributed by atoms with E-state index in [9.17, 15) is 0 Å². The summed E-state index contributed by atoms with van der Waals surface area (Å²) in [5.74, 6) is 1.81. The molecule has 1 N–H and O–H groups in total. The molecule has 2 rings (SSSR count). The highest BCUT2D eigenvalue weighted by atomic mass is 79.9. The van der Waals surface area contributed by atoms with Crippen molar-refractivity contribution in [2.24, 2.45) is 0 Å². The molecule has 2 aromatic rings. The lowest BCUT2D eigenvalue weighted by atomic mass is 10.1. The first-order valence-corrected chi connectivity index (χ1v) is 8.02. The van der Waals surface area contributed by atoms with E-state index in [1.165, 1.54) is 5.56 Å². The van der Waals surface area contributed by atoms with Crippen LogP contribution in [-0.4, -0.2) is 6.04 Å². The first-order valence-electron chi connectivity index (χ1n) is 7.22. The van der Waals surface area contributed by atoms with Crippen molar-refractivity contribution in [2.45, 2.75) is 40.3 Å². The second-order valence-corrected chi connectivity index (χ2v) is 6.57. The molecule has 0 amide bonds. The van der Waals surface area contributed by atoms with Crippen molar-refractivity contribution in [3.63, 3.8) is 0 Å². The van der Waals surface area contributed by atoms with Gasteiger partial charge in [-0.1, -0.05) is 48.0 Å². The normalized spacial score (nSPS) is 11.0. The van der Waals surface area contributed by atoms with Crippen LogP contribution in [0.15, 0.2) is 40.9 Å². The van der Waals surface area contributed by atoms with E-state index in [1.807, 2.05) is 12.1 Å². The molecule has 0 radical (unpaired) electrons. The predicted octanol–water partition coefficient (Wildman–Crippen LogP) is 5.36. The van der Waals surface area contributed by atoms with Gasteiger partial charge in [-0.3, -0.25) is 0 Å². The van der Waals surface area contributed by atoms with Gasteiger partial charge in [0.2, 0.25) is 0 Å².